The minimum absolute atomic E-state index is 0.0296. The van der Waals surface area contributed by atoms with Gasteiger partial charge in [0.25, 0.3) is 5.91 Å². The number of hydrogen-bond acceptors (Lipinski definition) is 3. The molecular formula is C16H18N2O2. The van der Waals surface area contributed by atoms with Crippen molar-refractivity contribution in [2.45, 2.75) is 20.8 Å². The third-order valence-electron chi connectivity index (χ3n) is 3.00. The first-order valence-electron chi connectivity index (χ1n) is 6.48. The van der Waals surface area contributed by atoms with Crippen LogP contribution in [0.2, 0.25) is 0 Å². The monoisotopic (exact) mass is 270 g/mol. The van der Waals surface area contributed by atoms with E-state index >= 15 is 0 Å². The van der Waals surface area contributed by atoms with Crippen LogP contribution in [0.25, 0.3) is 0 Å². The van der Waals surface area contributed by atoms with Gasteiger partial charge in [0, 0.05) is 5.69 Å². The molecule has 20 heavy (non-hydrogen) atoms. The average molecular weight is 270 g/mol. The first kappa shape index (κ1) is 14.1. The van der Waals surface area contributed by atoms with Crippen LogP contribution < -0.4 is 10.1 Å². The van der Waals surface area contributed by atoms with Gasteiger partial charge in [-0.1, -0.05) is 12.1 Å². The summed E-state index contributed by atoms with van der Waals surface area (Å²) in [5.74, 6) is 1.01. The quantitative estimate of drug-likeness (QED) is 0.929. The SMILES string of the molecule is Cc1cccc(NC(=O)COc2ccc(C)c(C)c2)n1. The number of anilines is 1. The number of ether oxygens (including phenoxy) is 1. The molecule has 2 rings (SSSR count). The fourth-order valence-corrected chi connectivity index (χ4v) is 1.74. The topological polar surface area (TPSA) is 51.2 Å². The number of pyridine rings is 1. The van der Waals surface area contributed by atoms with E-state index < -0.39 is 0 Å². The Balaban J connectivity index is 1.90. The molecule has 0 saturated heterocycles. The zero-order valence-electron chi connectivity index (χ0n) is 11.9. The van der Waals surface area contributed by atoms with Gasteiger partial charge >= 0.3 is 0 Å². The van der Waals surface area contributed by atoms with Crippen molar-refractivity contribution in [3.05, 3.63) is 53.2 Å². The summed E-state index contributed by atoms with van der Waals surface area (Å²) in [5.41, 5.74) is 3.20. The molecule has 4 nitrogen and oxygen atoms in total. The Kier molecular flexibility index (Phi) is 4.35. The number of aryl methyl sites for hydroxylation is 3. The van der Waals surface area contributed by atoms with Crippen molar-refractivity contribution in [3.8, 4) is 5.75 Å². The van der Waals surface area contributed by atoms with Crippen LogP contribution in [0.15, 0.2) is 36.4 Å². The second kappa shape index (κ2) is 6.19. The van der Waals surface area contributed by atoms with Crippen LogP contribution in [0.1, 0.15) is 16.8 Å². The fraction of sp³-hybridized carbons (Fsp3) is 0.250. The van der Waals surface area contributed by atoms with E-state index in [1.165, 1.54) is 5.56 Å². The number of amides is 1. The lowest BCUT2D eigenvalue weighted by molar-refractivity contribution is -0.118. The number of nitrogens with one attached hydrogen (secondary N) is 1. The Morgan fingerprint density at radius 1 is 1.15 bits per heavy atom. The highest BCUT2D eigenvalue weighted by Crippen LogP contribution is 2.16. The zero-order chi connectivity index (χ0) is 14.5. The van der Waals surface area contributed by atoms with Gasteiger partial charge in [-0.15, -0.1) is 0 Å². The number of aromatic nitrogens is 1. The van der Waals surface area contributed by atoms with Crippen LogP contribution in [-0.2, 0) is 4.79 Å². The molecule has 1 heterocycles. The molecule has 1 aromatic heterocycles. The van der Waals surface area contributed by atoms with Crippen molar-refractivity contribution in [3.63, 3.8) is 0 Å². The minimum atomic E-state index is -0.221. The van der Waals surface area contributed by atoms with E-state index in [9.17, 15) is 4.79 Å². The van der Waals surface area contributed by atoms with Gasteiger partial charge in [0.05, 0.1) is 0 Å². The summed E-state index contributed by atoms with van der Waals surface area (Å²) in [7, 11) is 0. The standard InChI is InChI=1S/C16H18N2O2/c1-11-7-8-14(9-12(11)2)20-10-16(19)18-15-6-4-5-13(3)17-15/h4-9H,10H2,1-3H3,(H,17,18,19). The smallest absolute Gasteiger partial charge is 0.263 e. The lowest BCUT2D eigenvalue weighted by Gasteiger charge is -2.09. The average Bonchev–Trinajstić information content (AvgIpc) is 2.40. The van der Waals surface area contributed by atoms with Crippen LogP contribution in [0.3, 0.4) is 0 Å². The highest BCUT2D eigenvalue weighted by Gasteiger charge is 2.05. The predicted octanol–water partition coefficient (Wildman–Crippen LogP) is 3.02. The molecule has 104 valence electrons. The van der Waals surface area contributed by atoms with Crippen LogP contribution >= 0.6 is 0 Å². The molecule has 2 aromatic rings. The molecule has 0 aliphatic rings. The summed E-state index contributed by atoms with van der Waals surface area (Å²) in [6.45, 7) is 5.90. The Hall–Kier alpha value is -2.36. The molecule has 0 spiro atoms. The first-order chi connectivity index (χ1) is 9.54. The molecule has 0 fully saturated rings. The van der Waals surface area contributed by atoms with E-state index in [2.05, 4.69) is 10.3 Å². The predicted molar refractivity (Wildman–Crippen MR) is 79.0 cm³/mol. The largest absolute Gasteiger partial charge is 0.484 e. The molecule has 0 saturated carbocycles. The number of benzene rings is 1. The normalized spacial score (nSPS) is 10.2. The Morgan fingerprint density at radius 2 is 1.95 bits per heavy atom. The zero-order valence-corrected chi connectivity index (χ0v) is 11.9. The number of carbonyl (C=O) groups excluding carboxylic acids is 1. The molecule has 0 radical (unpaired) electrons. The summed E-state index contributed by atoms with van der Waals surface area (Å²) in [6.07, 6.45) is 0. The van der Waals surface area contributed by atoms with Gasteiger partial charge in [0.15, 0.2) is 6.61 Å². The molecule has 1 N–H and O–H groups in total. The molecule has 4 heteroatoms. The minimum Gasteiger partial charge on any atom is -0.484 e. The Labute approximate surface area is 118 Å². The number of rotatable bonds is 4. The number of nitrogens with zero attached hydrogens (tertiary/aromatic N) is 1. The lowest BCUT2D eigenvalue weighted by Crippen LogP contribution is -2.20. The summed E-state index contributed by atoms with van der Waals surface area (Å²) in [5, 5.41) is 2.70. The maximum atomic E-state index is 11.8. The fourth-order valence-electron chi connectivity index (χ4n) is 1.74. The van der Waals surface area contributed by atoms with Crippen molar-refractivity contribution in [2.75, 3.05) is 11.9 Å². The van der Waals surface area contributed by atoms with Gasteiger partial charge in [-0.2, -0.15) is 0 Å². The van der Waals surface area contributed by atoms with Crippen molar-refractivity contribution >= 4 is 11.7 Å². The molecular weight excluding hydrogens is 252 g/mol. The van der Waals surface area contributed by atoms with Crippen LogP contribution in [0.5, 0.6) is 5.75 Å². The molecule has 0 aliphatic carbocycles. The van der Waals surface area contributed by atoms with Crippen LogP contribution in [0.4, 0.5) is 5.82 Å². The molecule has 0 atom stereocenters. The van der Waals surface area contributed by atoms with Crippen LogP contribution in [-0.4, -0.2) is 17.5 Å². The molecule has 0 aliphatic heterocycles. The van der Waals surface area contributed by atoms with Gasteiger partial charge in [-0.05, 0) is 56.2 Å². The van der Waals surface area contributed by atoms with Gasteiger partial charge in [-0.25, -0.2) is 4.98 Å². The molecule has 0 unspecified atom stereocenters. The van der Waals surface area contributed by atoms with Gasteiger partial charge in [0.2, 0.25) is 0 Å². The molecule has 1 aromatic carbocycles. The molecule has 1 amide bonds. The lowest BCUT2D eigenvalue weighted by atomic mass is 10.1. The summed E-state index contributed by atoms with van der Waals surface area (Å²) < 4.78 is 5.47. The Morgan fingerprint density at radius 3 is 2.65 bits per heavy atom. The van der Waals surface area contributed by atoms with Gasteiger partial charge < -0.3 is 10.1 Å². The Bertz CT molecular complexity index is 624. The molecule has 0 bridgehead atoms. The van der Waals surface area contributed by atoms with E-state index in [4.69, 9.17) is 4.74 Å². The van der Waals surface area contributed by atoms with E-state index in [-0.39, 0.29) is 12.5 Å². The second-order valence-electron chi connectivity index (χ2n) is 4.75. The highest BCUT2D eigenvalue weighted by molar-refractivity contribution is 5.90. The third kappa shape index (κ3) is 3.82. The van der Waals surface area contributed by atoms with Crippen molar-refractivity contribution < 1.29 is 9.53 Å². The van der Waals surface area contributed by atoms with Crippen molar-refractivity contribution in [2.24, 2.45) is 0 Å². The highest BCUT2D eigenvalue weighted by atomic mass is 16.5. The number of hydrogen-bond donors (Lipinski definition) is 1. The summed E-state index contributed by atoms with van der Waals surface area (Å²) >= 11 is 0. The van der Waals surface area contributed by atoms with Gasteiger partial charge in [0.1, 0.15) is 11.6 Å². The van der Waals surface area contributed by atoms with E-state index in [1.807, 2.05) is 51.1 Å². The summed E-state index contributed by atoms with van der Waals surface area (Å²) in [4.78, 5) is 16.0. The summed E-state index contributed by atoms with van der Waals surface area (Å²) in [6, 6.07) is 11.2. The van der Waals surface area contributed by atoms with E-state index in [1.54, 1.807) is 6.07 Å². The number of carbonyl (C=O) groups is 1. The van der Waals surface area contributed by atoms with E-state index in [0.29, 0.717) is 11.6 Å². The maximum Gasteiger partial charge on any atom is 0.263 e. The third-order valence-corrected chi connectivity index (χ3v) is 3.00. The van der Waals surface area contributed by atoms with Crippen molar-refractivity contribution in [1.29, 1.82) is 0 Å². The van der Waals surface area contributed by atoms with Crippen molar-refractivity contribution in [1.82, 2.24) is 4.98 Å². The maximum absolute atomic E-state index is 11.8. The second-order valence-corrected chi connectivity index (χ2v) is 4.75. The van der Waals surface area contributed by atoms with Gasteiger partial charge in [-0.3, -0.25) is 4.79 Å². The van der Waals surface area contributed by atoms with Crippen LogP contribution in [0, 0.1) is 20.8 Å². The van der Waals surface area contributed by atoms with E-state index in [0.717, 1.165) is 11.3 Å². The first-order valence-corrected chi connectivity index (χ1v) is 6.48.